The topological polar surface area (TPSA) is 134 Å². The maximum absolute atomic E-state index is 11.9. The number of likely N-dealkylation sites (N-methyl/N-ethyl adjacent to an activating group) is 1. The van der Waals surface area contributed by atoms with E-state index < -0.39 is 30.4 Å². The van der Waals surface area contributed by atoms with Crippen LogP contribution in [-0.4, -0.2) is 61.0 Å². The molecule has 4 rings (SSSR count). The number of amides is 1. The van der Waals surface area contributed by atoms with Crippen molar-refractivity contribution in [1.82, 2.24) is 24.8 Å². The van der Waals surface area contributed by atoms with E-state index in [4.69, 9.17) is 27.9 Å². The Balaban J connectivity index is 1.68. The quantitative estimate of drug-likeness (QED) is 0.477. The van der Waals surface area contributed by atoms with E-state index in [-0.39, 0.29) is 0 Å². The molecule has 152 valence electrons. The number of carbonyl (C=O) groups is 1. The molecule has 0 spiro atoms. The summed E-state index contributed by atoms with van der Waals surface area (Å²) in [5.74, 6) is -0.166. The lowest BCUT2D eigenvalue weighted by Crippen LogP contribution is -2.41. The predicted octanol–water partition coefficient (Wildman–Crippen LogP) is 1.24. The van der Waals surface area contributed by atoms with E-state index in [1.54, 1.807) is 18.2 Å². The van der Waals surface area contributed by atoms with Crippen LogP contribution in [0.4, 0.5) is 11.5 Å². The van der Waals surface area contributed by atoms with Crippen molar-refractivity contribution in [3.63, 3.8) is 0 Å². The maximum Gasteiger partial charge on any atom is 0.251 e. The van der Waals surface area contributed by atoms with Crippen molar-refractivity contribution in [3.05, 3.63) is 40.9 Å². The van der Waals surface area contributed by atoms with Crippen molar-refractivity contribution in [2.45, 2.75) is 24.5 Å². The first kappa shape index (κ1) is 19.8. The van der Waals surface area contributed by atoms with Gasteiger partial charge >= 0.3 is 0 Å². The fraction of sp³-hybridized carbons (Fsp3) is 0.294. The summed E-state index contributed by atoms with van der Waals surface area (Å²) in [5.41, 5.74) is 1.33. The van der Waals surface area contributed by atoms with Crippen molar-refractivity contribution in [3.8, 4) is 0 Å². The summed E-state index contributed by atoms with van der Waals surface area (Å²) >= 11 is 12.1. The smallest absolute Gasteiger partial charge is 0.251 e. The zero-order chi connectivity index (χ0) is 20.7. The fourth-order valence-electron chi connectivity index (χ4n) is 3.14. The average molecular weight is 439 g/mol. The van der Waals surface area contributed by atoms with Crippen LogP contribution in [0.1, 0.15) is 6.23 Å². The van der Waals surface area contributed by atoms with Gasteiger partial charge in [0.05, 0.1) is 6.33 Å². The monoisotopic (exact) mass is 438 g/mol. The van der Waals surface area contributed by atoms with Gasteiger partial charge in [-0.2, -0.15) is 0 Å². The zero-order valence-corrected chi connectivity index (χ0v) is 16.5. The van der Waals surface area contributed by atoms with Crippen LogP contribution in [-0.2, 0) is 9.53 Å². The molecular weight excluding hydrogens is 423 g/mol. The van der Waals surface area contributed by atoms with Crippen LogP contribution in [0.15, 0.2) is 30.9 Å². The summed E-state index contributed by atoms with van der Waals surface area (Å²) < 4.78 is 7.01. The third-order valence-corrected chi connectivity index (χ3v) is 4.94. The molecule has 1 fully saturated rings. The standard InChI is InChI=1S/C17H16Cl2N6O4/c1-20-16(28)13-11(26)12(27)17(29-13)25-6-23-10-14(21-5-22-15(10)25)24-9-3-7(18)2-8(19)4-9/h2-6,11-13,17,26-27H,1H3,(H,20,28)(H,21,22,24)/t11-,12+,13-,17+/m0/s1. The second-order valence-electron chi connectivity index (χ2n) is 6.37. The van der Waals surface area contributed by atoms with Gasteiger partial charge in [0.2, 0.25) is 0 Å². The van der Waals surface area contributed by atoms with Gasteiger partial charge in [-0.3, -0.25) is 9.36 Å². The number of hydrogen-bond donors (Lipinski definition) is 4. The number of nitrogens with one attached hydrogen (secondary N) is 2. The van der Waals surface area contributed by atoms with Crippen LogP contribution in [0, 0.1) is 0 Å². The van der Waals surface area contributed by atoms with Crippen LogP contribution >= 0.6 is 23.2 Å². The molecule has 2 aromatic heterocycles. The lowest BCUT2D eigenvalue weighted by Gasteiger charge is -2.16. The third kappa shape index (κ3) is 3.61. The Morgan fingerprint density at radius 2 is 1.86 bits per heavy atom. The maximum atomic E-state index is 11.9. The highest BCUT2D eigenvalue weighted by atomic mass is 35.5. The highest BCUT2D eigenvalue weighted by Crippen LogP contribution is 2.33. The van der Waals surface area contributed by atoms with Gasteiger partial charge in [0, 0.05) is 22.8 Å². The third-order valence-electron chi connectivity index (χ3n) is 4.50. The summed E-state index contributed by atoms with van der Waals surface area (Å²) in [4.78, 5) is 24.5. The van der Waals surface area contributed by atoms with E-state index in [9.17, 15) is 15.0 Å². The Kier molecular flexibility index (Phi) is 5.28. The summed E-state index contributed by atoms with van der Waals surface area (Å²) in [6, 6.07) is 4.95. The number of ether oxygens (including phenoxy) is 1. The molecule has 12 heteroatoms. The van der Waals surface area contributed by atoms with Gasteiger partial charge < -0.3 is 25.6 Å². The number of fused-ring (bicyclic) bond motifs is 1. The van der Waals surface area contributed by atoms with Crippen molar-refractivity contribution >= 4 is 51.8 Å². The highest BCUT2D eigenvalue weighted by Gasteiger charge is 2.47. The van der Waals surface area contributed by atoms with Crippen molar-refractivity contribution < 1.29 is 19.7 Å². The van der Waals surface area contributed by atoms with Crippen molar-refractivity contribution in [2.24, 2.45) is 0 Å². The Morgan fingerprint density at radius 3 is 2.55 bits per heavy atom. The molecule has 1 aliphatic heterocycles. The van der Waals surface area contributed by atoms with Crippen molar-refractivity contribution in [2.75, 3.05) is 12.4 Å². The number of nitrogens with zero attached hydrogens (tertiary/aromatic N) is 4. The molecule has 1 amide bonds. The van der Waals surface area contributed by atoms with Crippen LogP contribution in [0.5, 0.6) is 0 Å². The first-order chi connectivity index (χ1) is 13.9. The summed E-state index contributed by atoms with van der Waals surface area (Å²) in [6.45, 7) is 0. The van der Waals surface area contributed by atoms with Crippen molar-refractivity contribution in [1.29, 1.82) is 0 Å². The van der Waals surface area contributed by atoms with Crippen LogP contribution in [0.3, 0.4) is 0 Å². The largest absolute Gasteiger partial charge is 0.387 e. The number of benzene rings is 1. The van der Waals surface area contributed by atoms with Gasteiger partial charge in [0.25, 0.3) is 5.91 Å². The van der Waals surface area contributed by atoms with Gasteiger partial charge in [0.1, 0.15) is 18.5 Å². The van der Waals surface area contributed by atoms with Gasteiger partial charge in [-0.15, -0.1) is 0 Å². The molecule has 0 aliphatic carbocycles. The molecule has 0 unspecified atom stereocenters. The van der Waals surface area contributed by atoms with E-state index in [0.29, 0.717) is 32.7 Å². The Morgan fingerprint density at radius 1 is 1.14 bits per heavy atom. The number of halogens is 2. The normalized spacial score (nSPS) is 24.0. The Labute approximate surface area is 174 Å². The molecule has 4 N–H and O–H groups in total. The number of aromatic nitrogens is 4. The number of aliphatic hydroxyl groups is 2. The van der Waals surface area contributed by atoms with Gasteiger partial charge in [-0.05, 0) is 18.2 Å². The van der Waals surface area contributed by atoms with E-state index in [2.05, 4.69) is 25.6 Å². The molecule has 10 nitrogen and oxygen atoms in total. The summed E-state index contributed by atoms with van der Waals surface area (Å²) in [5, 5.41) is 26.9. The van der Waals surface area contributed by atoms with E-state index in [0.717, 1.165) is 0 Å². The lowest BCUT2D eigenvalue weighted by molar-refractivity contribution is -0.137. The molecular formula is C17H16Cl2N6O4. The van der Waals surface area contributed by atoms with E-state index in [1.165, 1.54) is 24.3 Å². The molecule has 0 bridgehead atoms. The van der Waals surface area contributed by atoms with E-state index >= 15 is 0 Å². The van der Waals surface area contributed by atoms with Crippen LogP contribution in [0.25, 0.3) is 11.2 Å². The lowest BCUT2D eigenvalue weighted by atomic mass is 10.1. The number of anilines is 2. The number of rotatable bonds is 4. The Bertz CT molecular complexity index is 1060. The molecule has 1 aromatic carbocycles. The van der Waals surface area contributed by atoms with Gasteiger partial charge in [-0.25, -0.2) is 15.0 Å². The molecule has 1 aliphatic rings. The van der Waals surface area contributed by atoms with E-state index in [1.807, 2.05) is 0 Å². The minimum absolute atomic E-state index is 0.337. The molecule has 3 aromatic rings. The van der Waals surface area contributed by atoms with Crippen LogP contribution < -0.4 is 10.6 Å². The second-order valence-corrected chi connectivity index (χ2v) is 7.25. The minimum Gasteiger partial charge on any atom is -0.387 e. The average Bonchev–Trinajstić information content (AvgIpc) is 3.23. The Hall–Kier alpha value is -2.50. The summed E-state index contributed by atoms with van der Waals surface area (Å²) in [6.07, 6.45) is -2.32. The number of imidazole rings is 1. The minimum atomic E-state index is -1.40. The van der Waals surface area contributed by atoms with Crippen LogP contribution in [0.2, 0.25) is 10.0 Å². The second kappa shape index (κ2) is 7.73. The summed E-state index contributed by atoms with van der Waals surface area (Å²) in [7, 11) is 1.41. The molecule has 4 atom stereocenters. The molecule has 29 heavy (non-hydrogen) atoms. The molecule has 0 saturated carbocycles. The molecule has 3 heterocycles. The number of hydrogen-bond acceptors (Lipinski definition) is 8. The zero-order valence-electron chi connectivity index (χ0n) is 15.0. The SMILES string of the molecule is CNC(=O)[C@H]1O[C@@H](n2cnc3c(Nc4cc(Cl)cc(Cl)c4)ncnc32)[C@H](O)[C@@H]1O. The molecule has 0 radical (unpaired) electrons. The number of carbonyl (C=O) groups excluding carboxylic acids is 1. The molecule has 1 saturated heterocycles. The fourth-order valence-corrected chi connectivity index (χ4v) is 3.67. The predicted molar refractivity (Wildman–Crippen MR) is 105 cm³/mol. The highest BCUT2D eigenvalue weighted by molar-refractivity contribution is 6.35. The number of aliphatic hydroxyl groups excluding tert-OH is 2. The first-order valence-electron chi connectivity index (χ1n) is 8.53. The van der Waals surface area contributed by atoms with Gasteiger partial charge in [0.15, 0.2) is 29.3 Å². The van der Waals surface area contributed by atoms with Gasteiger partial charge in [-0.1, -0.05) is 23.2 Å². The first-order valence-corrected chi connectivity index (χ1v) is 9.28.